The van der Waals surface area contributed by atoms with Gasteiger partial charge in [0.1, 0.15) is 0 Å². The zero-order valence-electron chi connectivity index (χ0n) is 9.22. The highest BCUT2D eigenvalue weighted by Gasteiger charge is 2.18. The average molecular weight is 254 g/mol. The Morgan fingerprint density at radius 1 is 1.59 bits per heavy atom. The Labute approximate surface area is 101 Å². The highest BCUT2D eigenvalue weighted by molar-refractivity contribution is 7.71. The Bertz CT molecular complexity index is 597. The molecule has 0 atom stereocenters. The molecule has 2 rings (SSSR count). The summed E-state index contributed by atoms with van der Waals surface area (Å²) < 4.78 is 6.79. The molecule has 2 heterocycles. The zero-order chi connectivity index (χ0) is 12.4. The summed E-state index contributed by atoms with van der Waals surface area (Å²) in [6.07, 6.45) is 0. The number of rotatable bonds is 3. The second-order valence-electron chi connectivity index (χ2n) is 3.24. The van der Waals surface area contributed by atoms with Gasteiger partial charge in [0, 0.05) is 13.5 Å². The van der Waals surface area contributed by atoms with Crippen LogP contribution in [-0.4, -0.2) is 31.0 Å². The van der Waals surface area contributed by atoms with Crippen molar-refractivity contribution in [2.24, 2.45) is 0 Å². The van der Waals surface area contributed by atoms with Crippen molar-refractivity contribution in [3.05, 3.63) is 4.77 Å². The first-order valence-corrected chi connectivity index (χ1v) is 5.30. The van der Waals surface area contributed by atoms with Crippen molar-refractivity contribution in [2.45, 2.75) is 20.4 Å². The zero-order valence-corrected chi connectivity index (χ0v) is 10.0. The number of amides is 1. The van der Waals surface area contributed by atoms with Crippen LogP contribution in [0.15, 0.2) is 4.63 Å². The first-order valence-electron chi connectivity index (χ1n) is 4.89. The molecule has 0 saturated heterocycles. The van der Waals surface area contributed by atoms with Gasteiger partial charge in [0.2, 0.25) is 11.7 Å². The Morgan fingerprint density at radius 3 is 3.00 bits per heavy atom. The van der Waals surface area contributed by atoms with Gasteiger partial charge in [0.05, 0.1) is 0 Å². The number of H-pyrrole nitrogens is 1. The topological polar surface area (TPSA) is 102 Å². The lowest BCUT2D eigenvalue weighted by atomic mass is 10.4. The Morgan fingerprint density at radius 2 is 2.35 bits per heavy atom. The molecule has 0 unspecified atom stereocenters. The average Bonchev–Trinajstić information content (AvgIpc) is 2.83. The highest BCUT2D eigenvalue weighted by Crippen LogP contribution is 2.22. The lowest BCUT2D eigenvalue weighted by molar-refractivity contribution is -0.114. The van der Waals surface area contributed by atoms with Crippen molar-refractivity contribution in [3.8, 4) is 11.5 Å². The molecule has 8 nitrogen and oxygen atoms in total. The molecule has 0 aliphatic carbocycles. The number of aromatic amines is 1. The number of hydrogen-bond donors (Lipinski definition) is 2. The number of nitrogens with zero attached hydrogens (tertiary/aromatic N) is 4. The lowest BCUT2D eigenvalue weighted by Crippen LogP contribution is -2.08. The first-order chi connectivity index (χ1) is 8.13. The van der Waals surface area contributed by atoms with E-state index >= 15 is 0 Å². The minimum atomic E-state index is -0.265. The van der Waals surface area contributed by atoms with Crippen LogP contribution in [-0.2, 0) is 11.3 Å². The van der Waals surface area contributed by atoms with Gasteiger partial charge in [0.25, 0.3) is 0 Å². The van der Waals surface area contributed by atoms with Gasteiger partial charge in [-0.2, -0.15) is 5.10 Å². The number of carbonyl (C=O) groups excluding carboxylic acids is 1. The molecular weight excluding hydrogens is 244 g/mol. The van der Waals surface area contributed by atoms with Crippen LogP contribution in [0.2, 0.25) is 0 Å². The molecule has 2 N–H and O–H groups in total. The number of aromatic nitrogens is 5. The molecule has 0 bridgehead atoms. The monoisotopic (exact) mass is 254 g/mol. The molecule has 0 aromatic carbocycles. The van der Waals surface area contributed by atoms with Crippen LogP contribution < -0.4 is 5.32 Å². The molecule has 0 saturated carbocycles. The van der Waals surface area contributed by atoms with Gasteiger partial charge in [-0.25, -0.2) is 4.63 Å². The van der Waals surface area contributed by atoms with Crippen molar-refractivity contribution in [3.63, 3.8) is 0 Å². The van der Waals surface area contributed by atoms with Crippen LogP contribution in [0.25, 0.3) is 11.5 Å². The third-order valence-corrected chi connectivity index (χ3v) is 2.38. The molecule has 0 spiro atoms. The maximum atomic E-state index is 11.0. The van der Waals surface area contributed by atoms with E-state index in [0.717, 1.165) is 0 Å². The normalized spacial score (nSPS) is 10.5. The summed E-state index contributed by atoms with van der Waals surface area (Å²) in [5.41, 5.74) is 0.342. The second kappa shape index (κ2) is 4.45. The van der Waals surface area contributed by atoms with Crippen molar-refractivity contribution >= 4 is 23.9 Å². The maximum absolute atomic E-state index is 11.0. The van der Waals surface area contributed by atoms with Gasteiger partial charge in [-0.1, -0.05) is 0 Å². The van der Waals surface area contributed by atoms with E-state index in [-0.39, 0.29) is 11.7 Å². The number of nitrogens with one attached hydrogen (secondary N) is 2. The molecule has 0 radical (unpaired) electrons. The Balaban J connectivity index is 2.49. The molecular formula is C8H10N6O2S. The largest absolute Gasteiger partial charge is 0.306 e. The summed E-state index contributed by atoms with van der Waals surface area (Å²) in [5.74, 6) is 0.433. The van der Waals surface area contributed by atoms with E-state index < -0.39 is 0 Å². The third-order valence-electron chi connectivity index (χ3n) is 2.07. The summed E-state index contributed by atoms with van der Waals surface area (Å²) in [5, 5.41) is 16.5. The summed E-state index contributed by atoms with van der Waals surface area (Å²) in [4.78, 5) is 11.0. The second-order valence-corrected chi connectivity index (χ2v) is 3.63. The summed E-state index contributed by atoms with van der Waals surface area (Å²) in [6, 6.07) is 0. The minimum Gasteiger partial charge on any atom is -0.306 e. The fourth-order valence-electron chi connectivity index (χ4n) is 1.38. The van der Waals surface area contributed by atoms with Crippen LogP contribution in [0, 0.1) is 4.77 Å². The van der Waals surface area contributed by atoms with E-state index in [0.29, 0.717) is 22.8 Å². The van der Waals surface area contributed by atoms with Gasteiger partial charge in [-0.05, 0) is 29.5 Å². The van der Waals surface area contributed by atoms with E-state index in [1.54, 1.807) is 4.57 Å². The number of hydrogen-bond acceptors (Lipinski definition) is 6. The molecule has 2 aromatic heterocycles. The lowest BCUT2D eigenvalue weighted by Gasteiger charge is -2.01. The fraction of sp³-hybridized carbons (Fsp3) is 0.375. The maximum Gasteiger partial charge on any atom is 0.222 e. The van der Waals surface area contributed by atoms with Gasteiger partial charge in [-0.3, -0.25) is 14.5 Å². The molecule has 17 heavy (non-hydrogen) atoms. The van der Waals surface area contributed by atoms with Crippen LogP contribution in [0.1, 0.15) is 13.8 Å². The molecule has 0 aliphatic rings. The van der Waals surface area contributed by atoms with Crippen molar-refractivity contribution < 1.29 is 9.42 Å². The smallest absolute Gasteiger partial charge is 0.222 e. The van der Waals surface area contributed by atoms with Crippen LogP contribution in [0.5, 0.6) is 0 Å². The summed E-state index contributed by atoms with van der Waals surface area (Å²) in [6.45, 7) is 3.91. The van der Waals surface area contributed by atoms with Crippen LogP contribution in [0.3, 0.4) is 0 Å². The van der Waals surface area contributed by atoms with Gasteiger partial charge >= 0.3 is 0 Å². The molecule has 90 valence electrons. The van der Waals surface area contributed by atoms with Gasteiger partial charge in [-0.15, -0.1) is 0 Å². The van der Waals surface area contributed by atoms with E-state index in [2.05, 4.69) is 30.5 Å². The van der Waals surface area contributed by atoms with Crippen LogP contribution in [0.4, 0.5) is 5.82 Å². The molecule has 0 fully saturated rings. The predicted octanol–water partition coefficient (Wildman–Crippen LogP) is 0.969. The van der Waals surface area contributed by atoms with E-state index in [1.807, 2.05) is 6.92 Å². The third kappa shape index (κ3) is 2.09. The number of carbonyl (C=O) groups is 1. The summed E-state index contributed by atoms with van der Waals surface area (Å²) in [7, 11) is 0. The van der Waals surface area contributed by atoms with Crippen LogP contribution >= 0.6 is 12.2 Å². The van der Waals surface area contributed by atoms with Gasteiger partial charge < -0.3 is 5.32 Å². The van der Waals surface area contributed by atoms with E-state index in [4.69, 9.17) is 12.2 Å². The number of anilines is 1. The molecule has 9 heteroatoms. The van der Waals surface area contributed by atoms with E-state index in [1.165, 1.54) is 6.92 Å². The Hall–Kier alpha value is -2.03. The van der Waals surface area contributed by atoms with E-state index in [9.17, 15) is 4.79 Å². The van der Waals surface area contributed by atoms with Crippen molar-refractivity contribution in [1.29, 1.82) is 0 Å². The van der Waals surface area contributed by atoms with Gasteiger partial charge in [0.15, 0.2) is 16.3 Å². The molecule has 1 amide bonds. The van der Waals surface area contributed by atoms with Crippen molar-refractivity contribution in [2.75, 3.05) is 5.32 Å². The standard InChI is InChI=1S/C8H10N6O2S/c1-3-14-7(10-11-8(14)17)5-6(9-4(2)15)13-16-12-5/h3H2,1-2H3,(H,11,17)(H,9,13,15). The fourth-order valence-corrected chi connectivity index (χ4v) is 1.64. The first kappa shape index (κ1) is 11.5. The quantitative estimate of drug-likeness (QED) is 0.791. The summed E-state index contributed by atoms with van der Waals surface area (Å²) >= 11 is 5.06. The SMILES string of the molecule is CCn1c(-c2nonc2NC(C)=O)n[nH]c1=S. The molecule has 2 aromatic rings. The van der Waals surface area contributed by atoms with Crippen molar-refractivity contribution in [1.82, 2.24) is 25.1 Å². The highest BCUT2D eigenvalue weighted by atomic mass is 32.1. The molecule has 0 aliphatic heterocycles. The predicted molar refractivity (Wildman–Crippen MR) is 60.7 cm³/mol. The minimum absolute atomic E-state index is 0.223. The Kier molecular flexibility index (Phi) is 3.00.